The molecule has 0 N–H and O–H groups in total. The van der Waals surface area contributed by atoms with Gasteiger partial charge in [0, 0.05) is 53.0 Å². The van der Waals surface area contributed by atoms with Crippen LogP contribution in [0, 0.1) is 0 Å². The van der Waals surface area contributed by atoms with Crippen molar-refractivity contribution in [1.29, 1.82) is 0 Å². The number of hydrogen-bond acceptors (Lipinski definition) is 3. The van der Waals surface area contributed by atoms with Crippen molar-refractivity contribution in [2.45, 2.75) is 18.8 Å². The summed E-state index contributed by atoms with van der Waals surface area (Å²) in [6.45, 7) is 2.33. The summed E-state index contributed by atoms with van der Waals surface area (Å²) in [6, 6.07) is 60.2. The number of nitrogens with zero attached hydrogens (tertiary/aromatic N) is 2. The largest absolute Gasteiger partial charge is 0.458 e. The molecule has 4 heterocycles. The molecule has 13 rings (SSSR count). The fourth-order valence-electron chi connectivity index (χ4n) is 10.1. The minimum Gasteiger partial charge on any atom is -0.458 e. The third kappa shape index (κ3) is 3.99. The molecule has 12 aromatic rings. The minimum absolute atomic E-state index is 0.0180. The Hall–Kier alpha value is -6.75. The van der Waals surface area contributed by atoms with Gasteiger partial charge < -0.3 is 4.42 Å². The number of rotatable bonds is 1. The Kier molecular flexibility index (Phi) is 6.09. The van der Waals surface area contributed by atoms with E-state index in [1.807, 2.05) is 11.3 Å². The molecule has 2 unspecified atom stereocenters. The van der Waals surface area contributed by atoms with Crippen LogP contribution in [-0.2, 0) is 0 Å². The first-order valence-electron chi connectivity index (χ1n) is 19.4. The second-order valence-corrected chi connectivity index (χ2v) is 16.5. The molecule has 262 valence electrons. The van der Waals surface area contributed by atoms with Crippen molar-refractivity contribution in [1.82, 2.24) is 4.57 Å². The fourth-order valence-corrected chi connectivity index (χ4v) is 11.3. The highest BCUT2D eigenvalue weighted by Crippen LogP contribution is 2.51. The van der Waals surface area contributed by atoms with Crippen molar-refractivity contribution in [3.63, 3.8) is 0 Å². The zero-order chi connectivity index (χ0) is 36.6. The molecule has 0 saturated heterocycles. The number of thiophene rings is 1. The Bertz CT molecular complexity index is 3660. The summed E-state index contributed by atoms with van der Waals surface area (Å²) in [5, 5.41) is 16.3. The van der Waals surface area contributed by atoms with Crippen molar-refractivity contribution < 1.29 is 4.42 Å². The summed E-state index contributed by atoms with van der Waals surface area (Å²) in [7, 11) is 0. The molecule has 0 fully saturated rings. The molecule has 9 aromatic carbocycles. The molecule has 0 amide bonds. The number of furan rings is 1. The highest BCUT2D eigenvalue weighted by molar-refractivity contribution is 7.25. The maximum Gasteiger partial charge on any atom is 0.136 e. The summed E-state index contributed by atoms with van der Waals surface area (Å²) in [6.07, 6.45) is 0. The summed E-state index contributed by atoms with van der Waals surface area (Å²) in [4.78, 5) is 5.80. The standard InChI is InChI=1S/C52H32N2OS/c1-29-46(31-23-24-37-36-17-9-11-21-44(36)56-45(37)28-31)52(53-49-40-19-8-10-20-43(40)55-51(29)49)54-42-27-26-39-35-16-5-4-14-33(35)34-15-6-7-18-38(34)47(39)48(42)41-25-22-30-12-2-3-13-32(30)50(41)54/h2-29,46H,1H3. The smallest absolute Gasteiger partial charge is 0.136 e. The Morgan fingerprint density at radius 3 is 1.95 bits per heavy atom. The van der Waals surface area contributed by atoms with E-state index in [0.717, 1.165) is 28.3 Å². The van der Waals surface area contributed by atoms with Gasteiger partial charge in [0.15, 0.2) is 0 Å². The first-order valence-corrected chi connectivity index (χ1v) is 20.2. The van der Waals surface area contributed by atoms with Gasteiger partial charge in [-0.1, -0.05) is 140 Å². The zero-order valence-electron chi connectivity index (χ0n) is 30.5. The van der Waals surface area contributed by atoms with Crippen LogP contribution >= 0.6 is 11.3 Å². The molecule has 1 aliphatic rings. The van der Waals surface area contributed by atoms with Gasteiger partial charge in [0.05, 0.1) is 17.0 Å². The fraction of sp³-hybridized carbons (Fsp3) is 0.0577. The Morgan fingerprint density at radius 2 is 1.12 bits per heavy atom. The molecule has 0 aliphatic carbocycles. The summed E-state index contributed by atoms with van der Waals surface area (Å²) >= 11 is 1.87. The molecule has 1 aliphatic heterocycles. The molecule has 56 heavy (non-hydrogen) atoms. The number of para-hydroxylation sites is 1. The van der Waals surface area contributed by atoms with Crippen LogP contribution in [0.3, 0.4) is 0 Å². The third-order valence-electron chi connectivity index (χ3n) is 12.5. The average molecular weight is 733 g/mol. The predicted octanol–water partition coefficient (Wildman–Crippen LogP) is 15.0. The molecule has 0 radical (unpaired) electrons. The van der Waals surface area contributed by atoms with Gasteiger partial charge in [0.1, 0.15) is 22.9 Å². The van der Waals surface area contributed by atoms with Crippen LogP contribution in [0.2, 0.25) is 0 Å². The highest BCUT2D eigenvalue weighted by Gasteiger charge is 2.38. The lowest BCUT2D eigenvalue weighted by molar-refractivity contribution is 0.487. The number of aliphatic imine (C=N–C) groups is 1. The molecule has 0 saturated carbocycles. The van der Waals surface area contributed by atoms with Crippen LogP contribution in [0.4, 0.5) is 5.69 Å². The quantitative estimate of drug-likeness (QED) is 0.155. The predicted molar refractivity (Wildman–Crippen MR) is 239 cm³/mol. The molecule has 4 heteroatoms. The van der Waals surface area contributed by atoms with Crippen LogP contribution in [0.15, 0.2) is 173 Å². The lowest BCUT2D eigenvalue weighted by Crippen LogP contribution is -2.27. The van der Waals surface area contributed by atoms with Crippen molar-refractivity contribution in [3.8, 4) is 0 Å². The topological polar surface area (TPSA) is 30.4 Å². The van der Waals surface area contributed by atoms with Crippen LogP contribution in [0.25, 0.3) is 96.0 Å². The molecule has 2 atom stereocenters. The highest BCUT2D eigenvalue weighted by atomic mass is 32.1. The maximum atomic E-state index is 6.73. The first-order chi connectivity index (χ1) is 27.7. The van der Waals surface area contributed by atoms with E-state index >= 15 is 0 Å². The van der Waals surface area contributed by atoms with E-state index in [0.29, 0.717) is 0 Å². The number of benzene rings is 9. The van der Waals surface area contributed by atoms with E-state index in [2.05, 4.69) is 175 Å². The maximum absolute atomic E-state index is 6.73. The number of aromatic nitrogens is 1. The Labute approximate surface area is 325 Å². The number of hydrogen-bond donors (Lipinski definition) is 0. The summed E-state index contributed by atoms with van der Waals surface area (Å²) in [5.41, 5.74) is 5.42. The van der Waals surface area contributed by atoms with Gasteiger partial charge in [-0.2, -0.15) is 0 Å². The van der Waals surface area contributed by atoms with Gasteiger partial charge in [-0.15, -0.1) is 11.3 Å². The van der Waals surface area contributed by atoms with E-state index < -0.39 is 0 Å². The first kappa shape index (κ1) is 30.6. The monoisotopic (exact) mass is 732 g/mol. The molecule has 0 bridgehead atoms. The van der Waals surface area contributed by atoms with Gasteiger partial charge in [-0.05, 0) is 68.2 Å². The average Bonchev–Trinajstić information content (AvgIpc) is 3.93. The van der Waals surface area contributed by atoms with E-state index in [1.54, 1.807) is 0 Å². The lowest BCUT2D eigenvalue weighted by Gasteiger charge is -2.30. The Morgan fingerprint density at radius 1 is 0.518 bits per heavy atom. The molecular weight excluding hydrogens is 701 g/mol. The van der Waals surface area contributed by atoms with Gasteiger partial charge in [-0.25, -0.2) is 4.99 Å². The molecule has 3 aromatic heterocycles. The van der Waals surface area contributed by atoms with E-state index in [-0.39, 0.29) is 11.8 Å². The van der Waals surface area contributed by atoms with E-state index in [9.17, 15) is 0 Å². The van der Waals surface area contributed by atoms with Gasteiger partial charge in [0.2, 0.25) is 0 Å². The lowest BCUT2D eigenvalue weighted by atomic mass is 9.81. The third-order valence-corrected chi connectivity index (χ3v) is 13.7. The van der Waals surface area contributed by atoms with Gasteiger partial charge in [0.25, 0.3) is 0 Å². The van der Waals surface area contributed by atoms with Crippen molar-refractivity contribution in [2.24, 2.45) is 4.99 Å². The van der Waals surface area contributed by atoms with E-state index in [1.165, 1.54) is 90.6 Å². The molecular formula is C52H32N2OS. The zero-order valence-corrected chi connectivity index (χ0v) is 31.3. The summed E-state index contributed by atoms with van der Waals surface area (Å²) in [5.74, 6) is 1.91. The van der Waals surface area contributed by atoms with Crippen LogP contribution in [0.5, 0.6) is 0 Å². The minimum atomic E-state index is -0.0838. The number of fused-ring (bicyclic) bond motifs is 18. The van der Waals surface area contributed by atoms with E-state index in [4.69, 9.17) is 9.41 Å². The molecule has 3 nitrogen and oxygen atoms in total. The van der Waals surface area contributed by atoms with Gasteiger partial charge >= 0.3 is 0 Å². The second kappa shape index (κ2) is 11.2. The normalized spacial score (nSPS) is 16.1. The summed E-state index contributed by atoms with van der Waals surface area (Å²) < 4.78 is 11.9. The SMILES string of the molecule is CC1c2oc3ccccc3c2N=C(n2c3ccc4c5ccccc5c5ccccc5c4c3c3ccc4ccccc4c32)C1c1ccc2c(c1)sc1ccccc12. The van der Waals surface area contributed by atoms with Crippen LogP contribution in [-0.4, -0.2) is 10.4 Å². The van der Waals surface area contributed by atoms with Crippen molar-refractivity contribution in [3.05, 3.63) is 175 Å². The van der Waals surface area contributed by atoms with Crippen molar-refractivity contribution >= 4 is 119 Å². The molecule has 0 spiro atoms. The van der Waals surface area contributed by atoms with Crippen molar-refractivity contribution in [2.75, 3.05) is 0 Å². The Balaban J connectivity index is 1.21. The second-order valence-electron chi connectivity index (χ2n) is 15.4. The van der Waals surface area contributed by atoms with Crippen LogP contribution < -0.4 is 0 Å². The van der Waals surface area contributed by atoms with Crippen LogP contribution in [0.1, 0.15) is 30.1 Å². The van der Waals surface area contributed by atoms with Gasteiger partial charge in [-0.3, -0.25) is 4.57 Å².